The van der Waals surface area contributed by atoms with Crippen LogP contribution in [0.4, 0.5) is 11.5 Å². The first kappa shape index (κ1) is 17.7. The van der Waals surface area contributed by atoms with Crippen LogP contribution in [0, 0.1) is 6.92 Å². The second kappa shape index (κ2) is 7.87. The van der Waals surface area contributed by atoms with Gasteiger partial charge in [0.25, 0.3) is 0 Å². The van der Waals surface area contributed by atoms with Gasteiger partial charge in [0, 0.05) is 32.0 Å². The van der Waals surface area contributed by atoms with E-state index in [2.05, 4.69) is 41.6 Å². The zero-order valence-electron chi connectivity index (χ0n) is 15.4. The number of aryl methyl sites for hydroxylation is 1. The fraction of sp³-hybridized carbons (Fsp3) is 0.238. The zero-order chi connectivity index (χ0) is 18.5. The molecule has 26 heavy (non-hydrogen) atoms. The fourth-order valence-electron chi connectivity index (χ4n) is 2.68. The van der Waals surface area contributed by atoms with E-state index in [1.54, 1.807) is 0 Å². The highest BCUT2D eigenvalue weighted by atomic mass is 16.1. The Kier molecular flexibility index (Phi) is 5.37. The highest BCUT2D eigenvalue weighted by Gasteiger charge is 2.07. The van der Waals surface area contributed by atoms with E-state index in [1.165, 1.54) is 11.1 Å². The molecule has 0 saturated heterocycles. The Labute approximate surface area is 154 Å². The van der Waals surface area contributed by atoms with Gasteiger partial charge in [-0.15, -0.1) is 0 Å². The summed E-state index contributed by atoms with van der Waals surface area (Å²) < 4.78 is 1.83. The maximum atomic E-state index is 12.2. The molecule has 0 unspecified atom stereocenters. The average molecular weight is 348 g/mol. The molecule has 1 aromatic heterocycles. The van der Waals surface area contributed by atoms with Crippen LogP contribution in [0.3, 0.4) is 0 Å². The van der Waals surface area contributed by atoms with Gasteiger partial charge in [-0.1, -0.05) is 42.0 Å². The van der Waals surface area contributed by atoms with Gasteiger partial charge in [-0.05, 0) is 30.2 Å². The number of carbonyl (C=O) groups excluding carboxylic acids is 1. The molecule has 0 aliphatic carbocycles. The number of hydrogen-bond acceptors (Lipinski definition) is 3. The third-order valence-corrected chi connectivity index (χ3v) is 4.19. The molecule has 5 heteroatoms. The minimum Gasteiger partial charge on any atom is -0.378 e. The Hall–Kier alpha value is -3.08. The summed E-state index contributed by atoms with van der Waals surface area (Å²) in [5.74, 6) is 0.509. The number of nitrogens with one attached hydrogen (secondary N) is 1. The molecule has 0 radical (unpaired) electrons. The summed E-state index contributed by atoms with van der Waals surface area (Å²) in [6, 6.07) is 18.2. The third kappa shape index (κ3) is 4.72. The molecule has 5 nitrogen and oxygen atoms in total. The van der Waals surface area contributed by atoms with Crippen molar-refractivity contribution in [2.75, 3.05) is 24.3 Å². The minimum atomic E-state index is -0.0665. The third-order valence-electron chi connectivity index (χ3n) is 4.19. The van der Waals surface area contributed by atoms with Crippen LogP contribution >= 0.6 is 0 Å². The molecule has 2 aromatic carbocycles. The van der Waals surface area contributed by atoms with Gasteiger partial charge in [0.2, 0.25) is 5.91 Å². The SMILES string of the molecule is Cc1ccc(Cn2ccc(NC(=O)Cc3ccc(N(C)C)cc3)n2)cc1. The number of aromatic nitrogens is 2. The smallest absolute Gasteiger partial charge is 0.229 e. The molecule has 3 rings (SSSR count). The van der Waals surface area contributed by atoms with Crippen molar-refractivity contribution in [3.05, 3.63) is 77.5 Å². The van der Waals surface area contributed by atoms with Crippen LogP contribution < -0.4 is 10.2 Å². The van der Waals surface area contributed by atoms with Crippen molar-refractivity contribution in [3.63, 3.8) is 0 Å². The number of amides is 1. The van der Waals surface area contributed by atoms with Crippen molar-refractivity contribution >= 4 is 17.4 Å². The molecule has 0 aliphatic heterocycles. The minimum absolute atomic E-state index is 0.0665. The normalized spacial score (nSPS) is 10.6. The van der Waals surface area contributed by atoms with E-state index in [-0.39, 0.29) is 5.91 Å². The van der Waals surface area contributed by atoms with Crippen molar-refractivity contribution in [1.82, 2.24) is 9.78 Å². The number of benzene rings is 2. The molecule has 0 spiro atoms. The molecule has 1 heterocycles. The monoisotopic (exact) mass is 348 g/mol. The highest BCUT2D eigenvalue weighted by Crippen LogP contribution is 2.13. The summed E-state index contributed by atoms with van der Waals surface area (Å²) in [5, 5.41) is 7.29. The predicted octanol–water partition coefficient (Wildman–Crippen LogP) is 3.49. The summed E-state index contributed by atoms with van der Waals surface area (Å²) >= 11 is 0. The van der Waals surface area contributed by atoms with Gasteiger partial charge < -0.3 is 10.2 Å². The van der Waals surface area contributed by atoms with E-state index in [0.29, 0.717) is 18.8 Å². The van der Waals surface area contributed by atoms with Gasteiger partial charge >= 0.3 is 0 Å². The summed E-state index contributed by atoms with van der Waals surface area (Å²) in [7, 11) is 3.99. The van der Waals surface area contributed by atoms with Crippen LogP contribution in [-0.2, 0) is 17.8 Å². The van der Waals surface area contributed by atoms with Crippen molar-refractivity contribution in [1.29, 1.82) is 0 Å². The van der Waals surface area contributed by atoms with Crippen molar-refractivity contribution in [3.8, 4) is 0 Å². The molecule has 134 valence electrons. The first-order valence-electron chi connectivity index (χ1n) is 8.65. The molecule has 0 atom stereocenters. The van der Waals surface area contributed by atoms with Crippen LogP contribution in [0.15, 0.2) is 60.8 Å². The quantitative estimate of drug-likeness (QED) is 0.742. The van der Waals surface area contributed by atoms with Gasteiger partial charge in [0.05, 0.1) is 13.0 Å². The Morgan fingerprint density at radius 2 is 1.65 bits per heavy atom. The van der Waals surface area contributed by atoms with Crippen LogP contribution in [0.2, 0.25) is 0 Å². The second-order valence-electron chi connectivity index (χ2n) is 6.67. The lowest BCUT2D eigenvalue weighted by Crippen LogP contribution is -2.15. The van der Waals surface area contributed by atoms with Crippen LogP contribution in [0.25, 0.3) is 0 Å². The topological polar surface area (TPSA) is 50.2 Å². The molecule has 0 saturated carbocycles. The van der Waals surface area contributed by atoms with Gasteiger partial charge in [-0.2, -0.15) is 5.10 Å². The Bertz CT molecular complexity index is 864. The molecule has 1 N–H and O–H groups in total. The van der Waals surface area contributed by atoms with Gasteiger partial charge in [0.1, 0.15) is 0 Å². The zero-order valence-corrected chi connectivity index (χ0v) is 15.4. The maximum absolute atomic E-state index is 12.2. The number of anilines is 2. The molecular formula is C21H24N4O. The molecule has 3 aromatic rings. The lowest BCUT2D eigenvalue weighted by Gasteiger charge is -2.12. The highest BCUT2D eigenvalue weighted by molar-refractivity contribution is 5.91. The van der Waals surface area contributed by atoms with E-state index in [4.69, 9.17) is 0 Å². The second-order valence-corrected chi connectivity index (χ2v) is 6.67. The largest absolute Gasteiger partial charge is 0.378 e. The Balaban J connectivity index is 1.56. The van der Waals surface area contributed by atoms with Crippen LogP contribution in [0.1, 0.15) is 16.7 Å². The van der Waals surface area contributed by atoms with Crippen LogP contribution in [0.5, 0.6) is 0 Å². The van der Waals surface area contributed by atoms with E-state index in [1.807, 2.05) is 60.2 Å². The summed E-state index contributed by atoms with van der Waals surface area (Å²) in [4.78, 5) is 14.3. The number of rotatable bonds is 6. The van der Waals surface area contributed by atoms with Crippen molar-refractivity contribution < 1.29 is 4.79 Å². The van der Waals surface area contributed by atoms with E-state index < -0.39 is 0 Å². The number of nitrogens with zero attached hydrogens (tertiary/aromatic N) is 3. The van der Waals surface area contributed by atoms with Crippen molar-refractivity contribution in [2.45, 2.75) is 19.9 Å². The molecular weight excluding hydrogens is 324 g/mol. The predicted molar refractivity (Wildman–Crippen MR) is 106 cm³/mol. The fourth-order valence-corrected chi connectivity index (χ4v) is 2.68. The van der Waals surface area contributed by atoms with Gasteiger partial charge in [-0.3, -0.25) is 9.48 Å². The van der Waals surface area contributed by atoms with Gasteiger partial charge in [-0.25, -0.2) is 0 Å². The van der Waals surface area contributed by atoms with E-state index >= 15 is 0 Å². The van der Waals surface area contributed by atoms with Gasteiger partial charge in [0.15, 0.2) is 5.82 Å². The van der Waals surface area contributed by atoms with E-state index in [9.17, 15) is 4.79 Å². The molecule has 1 amide bonds. The number of carbonyl (C=O) groups is 1. The maximum Gasteiger partial charge on any atom is 0.229 e. The van der Waals surface area contributed by atoms with Crippen LogP contribution in [-0.4, -0.2) is 29.8 Å². The lowest BCUT2D eigenvalue weighted by molar-refractivity contribution is -0.115. The molecule has 0 aliphatic rings. The van der Waals surface area contributed by atoms with E-state index in [0.717, 1.165) is 11.3 Å². The molecule has 0 fully saturated rings. The average Bonchev–Trinajstić information content (AvgIpc) is 3.04. The standard InChI is InChI=1S/C21H24N4O/c1-16-4-6-18(7-5-16)15-25-13-12-20(23-25)22-21(26)14-17-8-10-19(11-9-17)24(2)3/h4-13H,14-15H2,1-3H3,(H,22,23,26). The summed E-state index contributed by atoms with van der Waals surface area (Å²) in [6.07, 6.45) is 2.21. The molecule has 0 bridgehead atoms. The number of hydrogen-bond donors (Lipinski definition) is 1. The summed E-state index contributed by atoms with van der Waals surface area (Å²) in [5.41, 5.74) is 4.51. The lowest BCUT2D eigenvalue weighted by atomic mass is 10.1. The summed E-state index contributed by atoms with van der Waals surface area (Å²) in [6.45, 7) is 2.75. The first-order valence-corrected chi connectivity index (χ1v) is 8.65. The van der Waals surface area contributed by atoms with Crippen molar-refractivity contribution in [2.24, 2.45) is 0 Å². The Morgan fingerprint density at radius 1 is 1.00 bits per heavy atom. The Morgan fingerprint density at radius 3 is 2.31 bits per heavy atom. The first-order chi connectivity index (χ1) is 12.5.